The summed E-state index contributed by atoms with van der Waals surface area (Å²) in [5.41, 5.74) is 0. The summed E-state index contributed by atoms with van der Waals surface area (Å²) in [6, 6.07) is 0. The summed E-state index contributed by atoms with van der Waals surface area (Å²) in [4.78, 5) is 35.8. The van der Waals surface area contributed by atoms with E-state index in [0.717, 1.165) is 0 Å². The van der Waals surface area contributed by atoms with E-state index in [1.807, 2.05) is 48.5 Å². The van der Waals surface area contributed by atoms with E-state index in [0.29, 0.717) is 58.5 Å². The summed E-state index contributed by atoms with van der Waals surface area (Å²) >= 11 is 0. The molecule has 3 amide bonds. The SMILES string of the molecule is CC.CC.CCC(=O)NCCN(CCNC(=O)CC)CCNC(=O)CC. The molecule has 0 aromatic rings. The summed E-state index contributed by atoms with van der Waals surface area (Å²) < 4.78 is 0. The van der Waals surface area contributed by atoms with Gasteiger partial charge in [-0.25, -0.2) is 0 Å². The molecule has 0 saturated carbocycles. The van der Waals surface area contributed by atoms with E-state index < -0.39 is 0 Å². The van der Waals surface area contributed by atoms with Crippen LogP contribution in [0, 0.1) is 0 Å². The molecule has 0 aliphatic heterocycles. The second-order valence-corrected chi connectivity index (χ2v) is 4.95. The van der Waals surface area contributed by atoms with Crippen LogP contribution >= 0.6 is 0 Å². The van der Waals surface area contributed by atoms with Crippen LogP contribution in [0.15, 0.2) is 0 Å². The molecule has 0 unspecified atom stereocenters. The fourth-order valence-electron chi connectivity index (χ4n) is 1.77. The van der Waals surface area contributed by atoms with Gasteiger partial charge in [0.15, 0.2) is 0 Å². The van der Waals surface area contributed by atoms with Crippen molar-refractivity contribution in [2.75, 3.05) is 39.3 Å². The van der Waals surface area contributed by atoms with Gasteiger partial charge in [0.2, 0.25) is 17.7 Å². The van der Waals surface area contributed by atoms with Gasteiger partial charge in [0, 0.05) is 58.5 Å². The summed E-state index contributed by atoms with van der Waals surface area (Å²) in [6.45, 7) is 17.2. The summed E-state index contributed by atoms with van der Waals surface area (Å²) in [6.07, 6.45) is 1.41. The standard InChI is InChI=1S/C15H30N4O3.2C2H6/c1-4-13(20)16-7-10-19(11-8-17-14(21)5-2)12-9-18-15(22)6-3;2*1-2/h4-12H2,1-3H3,(H,16,20)(H,17,21)(H,18,22);2*1-2H3. The maximum absolute atomic E-state index is 11.2. The number of rotatable bonds is 12. The molecule has 0 rings (SSSR count). The Labute approximate surface area is 160 Å². The van der Waals surface area contributed by atoms with Crippen molar-refractivity contribution < 1.29 is 14.4 Å². The van der Waals surface area contributed by atoms with Crippen LogP contribution in [-0.2, 0) is 14.4 Å². The molecular formula is C19H42N4O3. The lowest BCUT2D eigenvalue weighted by Gasteiger charge is -2.22. The van der Waals surface area contributed by atoms with Crippen molar-refractivity contribution in [1.82, 2.24) is 20.9 Å². The Kier molecular flexibility index (Phi) is 26.2. The number of hydrogen-bond acceptors (Lipinski definition) is 4. The molecule has 3 N–H and O–H groups in total. The summed E-state index contributed by atoms with van der Waals surface area (Å²) in [5, 5.41) is 8.48. The van der Waals surface area contributed by atoms with Crippen LogP contribution in [0.1, 0.15) is 67.7 Å². The minimum atomic E-state index is 0.0264. The number of carbonyl (C=O) groups is 3. The van der Waals surface area contributed by atoms with E-state index in [4.69, 9.17) is 0 Å². The number of nitrogens with one attached hydrogen (secondary N) is 3. The lowest BCUT2D eigenvalue weighted by atomic mass is 10.3. The van der Waals surface area contributed by atoms with Gasteiger partial charge in [0.25, 0.3) is 0 Å². The van der Waals surface area contributed by atoms with Gasteiger partial charge in [0.05, 0.1) is 0 Å². The van der Waals surface area contributed by atoms with E-state index in [2.05, 4.69) is 20.9 Å². The summed E-state index contributed by atoms with van der Waals surface area (Å²) in [7, 11) is 0. The van der Waals surface area contributed by atoms with Crippen LogP contribution in [-0.4, -0.2) is 61.9 Å². The Bertz CT molecular complexity index is 297. The van der Waals surface area contributed by atoms with E-state index >= 15 is 0 Å². The highest BCUT2D eigenvalue weighted by atomic mass is 16.2. The Balaban J connectivity index is -0.00000123. The van der Waals surface area contributed by atoms with Gasteiger partial charge >= 0.3 is 0 Å². The third kappa shape index (κ3) is 20.4. The zero-order valence-electron chi connectivity index (χ0n) is 18.0. The molecule has 0 spiro atoms. The minimum absolute atomic E-state index is 0.0264. The van der Waals surface area contributed by atoms with Crippen molar-refractivity contribution in [2.24, 2.45) is 0 Å². The lowest BCUT2D eigenvalue weighted by molar-refractivity contribution is -0.121. The number of hydrogen-bond donors (Lipinski definition) is 3. The van der Waals surface area contributed by atoms with E-state index in [1.165, 1.54) is 0 Å². The minimum Gasteiger partial charge on any atom is -0.355 e. The van der Waals surface area contributed by atoms with Gasteiger partial charge in [-0.3, -0.25) is 19.3 Å². The molecule has 0 radical (unpaired) electrons. The quantitative estimate of drug-likeness (QED) is 0.487. The van der Waals surface area contributed by atoms with Crippen LogP contribution in [0.2, 0.25) is 0 Å². The molecule has 0 aliphatic carbocycles. The van der Waals surface area contributed by atoms with E-state index in [-0.39, 0.29) is 17.7 Å². The van der Waals surface area contributed by atoms with Crippen LogP contribution in [0.5, 0.6) is 0 Å². The van der Waals surface area contributed by atoms with Gasteiger partial charge in [-0.2, -0.15) is 0 Å². The van der Waals surface area contributed by atoms with Gasteiger partial charge in [-0.1, -0.05) is 48.5 Å². The van der Waals surface area contributed by atoms with Crippen LogP contribution < -0.4 is 16.0 Å². The number of amides is 3. The Hall–Kier alpha value is -1.63. The number of carbonyl (C=O) groups excluding carboxylic acids is 3. The van der Waals surface area contributed by atoms with Gasteiger partial charge in [-0.05, 0) is 0 Å². The smallest absolute Gasteiger partial charge is 0.219 e. The van der Waals surface area contributed by atoms with Gasteiger partial charge in [0.1, 0.15) is 0 Å². The third-order valence-corrected chi connectivity index (χ3v) is 3.21. The fourth-order valence-corrected chi connectivity index (χ4v) is 1.77. The zero-order chi connectivity index (χ0) is 20.8. The Morgan fingerprint density at radius 2 is 0.808 bits per heavy atom. The average molecular weight is 375 g/mol. The second-order valence-electron chi connectivity index (χ2n) is 4.95. The Morgan fingerprint density at radius 1 is 0.577 bits per heavy atom. The fraction of sp³-hybridized carbons (Fsp3) is 0.842. The molecule has 0 fully saturated rings. The molecule has 156 valence electrons. The zero-order valence-corrected chi connectivity index (χ0v) is 18.0. The van der Waals surface area contributed by atoms with Crippen molar-refractivity contribution in [2.45, 2.75) is 67.7 Å². The first kappa shape index (κ1) is 29.1. The maximum atomic E-state index is 11.2. The molecule has 26 heavy (non-hydrogen) atoms. The normalized spacial score (nSPS) is 9.23. The molecule has 0 atom stereocenters. The van der Waals surface area contributed by atoms with Crippen LogP contribution in [0.25, 0.3) is 0 Å². The van der Waals surface area contributed by atoms with Gasteiger partial charge in [-0.15, -0.1) is 0 Å². The molecule has 0 aliphatic rings. The first-order valence-electron chi connectivity index (χ1n) is 10.1. The lowest BCUT2D eigenvalue weighted by Crippen LogP contribution is -2.42. The topological polar surface area (TPSA) is 90.5 Å². The summed E-state index contributed by atoms with van der Waals surface area (Å²) in [5.74, 6) is 0.0792. The van der Waals surface area contributed by atoms with Crippen molar-refractivity contribution in [3.8, 4) is 0 Å². The molecule has 0 heterocycles. The highest BCUT2D eigenvalue weighted by molar-refractivity contribution is 5.76. The molecule has 0 aromatic heterocycles. The highest BCUT2D eigenvalue weighted by Gasteiger charge is 2.07. The first-order chi connectivity index (χ1) is 12.5. The predicted octanol–water partition coefficient (Wildman–Crippen LogP) is 1.92. The van der Waals surface area contributed by atoms with Crippen molar-refractivity contribution in [1.29, 1.82) is 0 Å². The van der Waals surface area contributed by atoms with E-state index in [1.54, 1.807) is 0 Å². The molecule has 0 bridgehead atoms. The maximum Gasteiger partial charge on any atom is 0.219 e. The van der Waals surface area contributed by atoms with Gasteiger partial charge < -0.3 is 16.0 Å². The molecule has 7 nitrogen and oxygen atoms in total. The van der Waals surface area contributed by atoms with Crippen molar-refractivity contribution >= 4 is 17.7 Å². The molecule has 0 aromatic carbocycles. The predicted molar refractivity (Wildman–Crippen MR) is 109 cm³/mol. The first-order valence-corrected chi connectivity index (χ1v) is 10.1. The second kappa shape index (κ2) is 23.4. The number of nitrogens with zero attached hydrogens (tertiary/aromatic N) is 1. The largest absolute Gasteiger partial charge is 0.355 e. The highest BCUT2D eigenvalue weighted by Crippen LogP contribution is 1.88. The molecule has 0 saturated heterocycles. The van der Waals surface area contributed by atoms with Crippen molar-refractivity contribution in [3.63, 3.8) is 0 Å². The van der Waals surface area contributed by atoms with Crippen molar-refractivity contribution in [3.05, 3.63) is 0 Å². The third-order valence-electron chi connectivity index (χ3n) is 3.21. The Morgan fingerprint density at radius 3 is 1.00 bits per heavy atom. The monoisotopic (exact) mass is 374 g/mol. The van der Waals surface area contributed by atoms with Crippen LogP contribution in [0.3, 0.4) is 0 Å². The van der Waals surface area contributed by atoms with E-state index in [9.17, 15) is 14.4 Å². The van der Waals surface area contributed by atoms with Crippen LogP contribution in [0.4, 0.5) is 0 Å². The molecule has 7 heteroatoms. The average Bonchev–Trinajstić information content (AvgIpc) is 2.69. The molecular weight excluding hydrogens is 332 g/mol.